The molecule has 2 aromatic rings. The maximum Gasteiger partial charge on any atom is 0.573 e. The van der Waals surface area contributed by atoms with Crippen LogP contribution in [0, 0.1) is 6.92 Å². The number of aromatic nitrogens is 1. The van der Waals surface area contributed by atoms with E-state index >= 15 is 0 Å². The van der Waals surface area contributed by atoms with Crippen molar-refractivity contribution in [3.63, 3.8) is 0 Å². The van der Waals surface area contributed by atoms with Gasteiger partial charge in [-0.05, 0) is 42.8 Å². The van der Waals surface area contributed by atoms with Crippen molar-refractivity contribution in [2.24, 2.45) is 0 Å². The number of halogens is 3. The van der Waals surface area contributed by atoms with Crippen molar-refractivity contribution in [2.45, 2.75) is 19.1 Å². The maximum atomic E-state index is 13.0. The van der Waals surface area contributed by atoms with Gasteiger partial charge in [0.25, 0.3) is 11.8 Å². The Morgan fingerprint density at radius 3 is 2.18 bits per heavy atom. The van der Waals surface area contributed by atoms with Crippen molar-refractivity contribution in [3.8, 4) is 5.75 Å². The van der Waals surface area contributed by atoms with E-state index in [0.29, 0.717) is 12.1 Å². The van der Waals surface area contributed by atoms with Crippen LogP contribution in [0.1, 0.15) is 26.3 Å². The zero-order valence-electron chi connectivity index (χ0n) is 17.8. The van der Waals surface area contributed by atoms with Gasteiger partial charge in [-0.15, -0.1) is 13.2 Å². The number of ether oxygens (including phenoxy) is 3. The minimum Gasteiger partial charge on any atom is -0.406 e. The SMILES string of the molecule is Cc1ccncc1C(=O)N1CCOC2(CN(C(=O)c3ccc(OC(F)(F)F)cc3)CCO2)C1. The van der Waals surface area contributed by atoms with E-state index in [1.54, 1.807) is 17.2 Å². The molecule has 176 valence electrons. The van der Waals surface area contributed by atoms with Gasteiger partial charge in [0.15, 0.2) is 0 Å². The summed E-state index contributed by atoms with van der Waals surface area (Å²) in [4.78, 5) is 33.1. The fraction of sp³-hybridized carbons (Fsp3) is 0.409. The molecule has 2 aliphatic heterocycles. The Morgan fingerprint density at radius 2 is 1.61 bits per heavy atom. The van der Waals surface area contributed by atoms with Gasteiger partial charge < -0.3 is 24.0 Å². The number of pyridine rings is 1. The van der Waals surface area contributed by atoms with Crippen LogP contribution in [0.4, 0.5) is 13.2 Å². The lowest BCUT2D eigenvalue weighted by atomic mass is 10.1. The van der Waals surface area contributed by atoms with Gasteiger partial charge in [0.05, 0.1) is 31.9 Å². The smallest absolute Gasteiger partial charge is 0.406 e. The highest BCUT2D eigenvalue weighted by molar-refractivity contribution is 5.95. The molecule has 0 aliphatic carbocycles. The second-order valence-corrected chi connectivity index (χ2v) is 7.82. The number of aryl methyl sites for hydroxylation is 1. The summed E-state index contributed by atoms with van der Waals surface area (Å²) < 4.78 is 52.7. The molecular formula is C22H22F3N3O5. The molecule has 1 aromatic carbocycles. The predicted octanol–water partition coefficient (Wildman–Crippen LogP) is 2.63. The molecule has 1 aromatic heterocycles. The number of carbonyl (C=O) groups excluding carboxylic acids is 2. The molecule has 1 spiro atoms. The quantitative estimate of drug-likeness (QED) is 0.694. The maximum absolute atomic E-state index is 13.0. The van der Waals surface area contributed by atoms with E-state index in [-0.39, 0.29) is 50.2 Å². The topological polar surface area (TPSA) is 81.2 Å². The van der Waals surface area contributed by atoms with E-state index in [0.717, 1.165) is 17.7 Å². The highest BCUT2D eigenvalue weighted by atomic mass is 19.4. The third-order valence-corrected chi connectivity index (χ3v) is 5.49. The molecule has 2 amide bonds. The largest absolute Gasteiger partial charge is 0.573 e. The summed E-state index contributed by atoms with van der Waals surface area (Å²) in [5.74, 6) is -2.17. The average molecular weight is 465 g/mol. The standard InChI is InChI=1S/C22H22F3N3O5/c1-15-6-7-26-12-18(15)20(30)28-9-11-32-21(14-28)13-27(8-10-31-21)19(29)16-2-4-17(5-3-16)33-22(23,24)25/h2-7,12H,8-11,13-14H2,1H3. The molecule has 3 heterocycles. The van der Waals surface area contributed by atoms with Gasteiger partial charge in [0, 0.05) is 31.0 Å². The van der Waals surface area contributed by atoms with Gasteiger partial charge in [0.2, 0.25) is 5.79 Å². The Morgan fingerprint density at radius 1 is 1.00 bits per heavy atom. The summed E-state index contributed by atoms with van der Waals surface area (Å²) in [6.07, 6.45) is -1.68. The Bertz CT molecular complexity index is 1030. The molecule has 11 heteroatoms. The normalized spacial score (nSPS) is 21.2. The van der Waals surface area contributed by atoms with Crippen LogP contribution >= 0.6 is 0 Å². The lowest BCUT2D eigenvalue weighted by Crippen LogP contribution is -2.63. The third kappa shape index (κ3) is 5.25. The fourth-order valence-corrected chi connectivity index (χ4v) is 3.88. The third-order valence-electron chi connectivity index (χ3n) is 5.49. The minimum atomic E-state index is -4.81. The first kappa shape index (κ1) is 23.0. The lowest BCUT2D eigenvalue weighted by Gasteiger charge is -2.47. The molecule has 2 fully saturated rings. The monoisotopic (exact) mass is 465 g/mol. The molecule has 0 saturated carbocycles. The Hall–Kier alpha value is -3.18. The van der Waals surface area contributed by atoms with Crippen LogP contribution in [0.5, 0.6) is 5.75 Å². The van der Waals surface area contributed by atoms with Crippen LogP contribution in [0.25, 0.3) is 0 Å². The van der Waals surface area contributed by atoms with E-state index < -0.39 is 17.9 Å². The summed E-state index contributed by atoms with van der Waals surface area (Å²) in [7, 11) is 0. The molecule has 4 rings (SSSR count). The van der Waals surface area contributed by atoms with Gasteiger partial charge >= 0.3 is 6.36 Å². The van der Waals surface area contributed by atoms with Crippen molar-refractivity contribution >= 4 is 11.8 Å². The average Bonchev–Trinajstić information content (AvgIpc) is 2.78. The van der Waals surface area contributed by atoms with Crippen molar-refractivity contribution in [1.29, 1.82) is 0 Å². The molecule has 8 nitrogen and oxygen atoms in total. The molecule has 2 saturated heterocycles. The van der Waals surface area contributed by atoms with Gasteiger partial charge in [-0.25, -0.2) is 0 Å². The van der Waals surface area contributed by atoms with Crippen molar-refractivity contribution in [2.75, 3.05) is 39.4 Å². The van der Waals surface area contributed by atoms with E-state index in [1.165, 1.54) is 23.2 Å². The summed E-state index contributed by atoms with van der Waals surface area (Å²) in [5.41, 5.74) is 1.49. The lowest BCUT2D eigenvalue weighted by molar-refractivity contribution is -0.282. The van der Waals surface area contributed by atoms with Gasteiger partial charge in [-0.2, -0.15) is 0 Å². The second-order valence-electron chi connectivity index (χ2n) is 7.82. The summed E-state index contributed by atoms with van der Waals surface area (Å²) in [6, 6.07) is 6.48. The van der Waals surface area contributed by atoms with Crippen LogP contribution in [0.2, 0.25) is 0 Å². The zero-order chi connectivity index (χ0) is 23.6. The highest BCUT2D eigenvalue weighted by Gasteiger charge is 2.44. The number of nitrogens with zero attached hydrogens (tertiary/aromatic N) is 3. The summed E-state index contributed by atoms with van der Waals surface area (Å²) in [6.45, 7) is 3.09. The molecule has 1 unspecified atom stereocenters. The molecule has 1 atom stereocenters. The Kier molecular flexibility index (Phi) is 6.26. The van der Waals surface area contributed by atoms with Crippen molar-refractivity contribution in [1.82, 2.24) is 14.8 Å². The van der Waals surface area contributed by atoms with E-state index in [9.17, 15) is 22.8 Å². The number of amides is 2. The van der Waals surface area contributed by atoms with Gasteiger partial charge in [0.1, 0.15) is 5.75 Å². The van der Waals surface area contributed by atoms with Crippen LogP contribution in [-0.4, -0.2) is 78.1 Å². The molecule has 33 heavy (non-hydrogen) atoms. The minimum absolute atomic E-state index is 0.0719. The van der Waals surface area contributed by atoms with E-state index in [1.807, 2.05) is 6.92 Å². The van der Waals surface area contributed by atoms with Crippen LogP contribution < -0.4 is 4.74 Å². The van der Waals surface area contributed by atoms with Gasteiger partial charge in [-0.1, -0.05) is 0 Å². The Balaban J connectivity index is 1.45. The number of carbonyl (C=O) groups is 2. The van der Waals surface area contributed by atoms with E-state index in [2.05, 4.69) is 9.72 Å². The van der Waals surface area contributed by atoms with Crippen LogP contribution in [-0.2, 0) is 9.47 Å². The van der Waals surface area contributed by atoms with Gasteiger partial charge in [-0.3, -0.25) is 14.6 Å². The fourth-order valence-electron chi connectivity index (χ4n) is 3.88. The first-order valence-corrected chi connectivity index (χ1v) is 10.3. The van der Waals surface area contributed by atoms with Crippen LogP contribution in [0.3, 0.4) is 0 Å². The molecule has 0 bridgehead atoms. The number of morpholine rings is 2. The number of alkyl halides is 3. The molecule has 2 aliphatic rings. The second kappa shape index (κ2) is 8.99. The summed E-state index contributed by atoms with van der Waals surface area (Å²) >= 11 is 0. The van der Waals surface area contributed by atoms with Crippen LogP contribution in [0.15, 0.2) is 42.7 Å². The summed E-state index contributed by atoms with van der Waals surface area (Å²) in [5, 5.41) is 0. The Labute approximate surface area is 187 Å². The number of hydrogen-bond acceptors (Lipinski definition) is 6. The predicted molar refractivity (Wildman–Crippen MR) is 109 cm³/mol. The zero-order valence-corrected chi connectivity index (χ0v) is 17.8. The number of rotatable bonds is 3. The molecular weight excluding hydrogens is 443 g/mol. The number of hydrogen-bond donors (Lipinski definition) is 0. The molecule has 0 N–H and O–H groups in total. The first-order valence-electron chi connectivity index (χ1n) is 10.3. The first-order chi connectivity index (χ1) is 15.7. The van der Waals surface area contributed by atoms with Crippen molar-refractivity contribution in [3.05, 3.63) is 59.4 Å². The van der Waals surface area contributed by atoms with E-state index in [4.69, 9.17) is 9.47 Å². The molecule has 0 radical (unpaired) electrons. The number of benzene rings is 1. The van der Waals surface area contributed by atoms with Crippen molar-refractivity contribution < 1.29 is 37.0 Å². The highest BCUT2D eigenvalue weighted by Crippen LogP contribution is 2.28.